The smallest absolute Gasteiger partial charge is 0.123 e. The van der Waals surface area contributed by atoms with E-state index < -0.39 is 0 Å². The van der Waals surface area contributed by atoms with Crippen molar-refractivity contribution in [2.75, 3.05) is 7.11 Å². The summed E-state index contributed by atoms with van der Waals surface area (Å²) in [6.07, 6.45) is 6.55. The summed E-state index contributed by atoms with van der Waals surface area (Å²) in [6, 6.07) is 6.38. The van der Waals surface area contributed by atoms with Crippen molar-refractivity contribution in [2.45, 2.75) is 45.1 Å². The van der Waals surface area contributed by atoms with Gasteiger partial charge < -0.3 is 10.5 Å². The molecule has 1 aromatic carbocycles. The van der Waals surface area contributed by atoms with E-state index in [2.05, 4.69) is 19.1 Å². The first-order chi connectivity index (χ1) is 8.20. The number of methoxy groups -OCH3 is 1. The zero-order chi connectivity index (χ0) is 12.3. The summed E-state index contributed by atoms with van der Waals surface area (Å²) in [4.78, 5) is 0. The Morgan fingerprint density at radius 3 is 2.71 bits per heavy atom. The maximum absolute atomic E-state index is 6.34. The molecule has 94 valence electrons. The van der Waals surface area contributed by atoms with Crippen molar-refractivity contribution in [1.29, 1.82) is 0 Å². The minimum atomic E-state index is 0.118. The molecule has 1 aromatic rings. The molecule has 0 aromatic heterocycles. The molecule has 2 heteroatoms. The van der Waals surface area contributed by atoms with Gasteiger partial charge in [0.1, 0.15) is 5.75 Å². The van der Waals surface area contributed by atoms with Crippen LogP contribution in [-0.2, 0) is 0 Å². The van der Waals surface area contributed by atoms with Gasteiger partial charge in [-0.3, -0.25) is 0 Å². The van der Waals surface area contributed by atoms with Gasteiger partial charge in [0.15, 0.2) is 0 Å². The quantitative estimate of drug-likeness (QED) is 0.862. The van der Waals surface area contributed by atoms with Crippen LogP contribution in [0, 0.1) is 12.8 Å². The van der Waals surface area contributed by atoms with E-state index in [0.29, 0.717) is 0 Å². The Labute approximate surface area is 104 Å². The molecular weight excluding hydrogens is 210 g/mol. The fourth-order valence-electron chi connectivity index (χ4n) is 2.88. The van der Waals surface area contributed by atoms with Crippen LogP contribution in [0.2, 0.25) is 0 Å². The Bertz CT molecular complexity index is 369. The number of ether oxygens (including phenoxy) is 1. The lowest BCUT2D eigenvalue weighted by molar-refractivity contribution is 0.393. The third-order valence-corrected chi connectivity index (χ3v) is 3.85. The van der Waals surface area contributed by atoms with Gasteiger partial charge in [-0.05, 0) is 25.3 Å². The average molecular weight is 233 g/mol. The summed E-state index contributed by atoms with van der Waals surface area (Å²) in [5.41, 5.74) is 8.76. The van der Waals surface area contributed by atoms with Crippen LogP contribution in [0.3, 0.4) is 0 Å². The maximum atomic E-state index is 6.34. The summed E-state index contributed by atoms with van der Waals surface area (Å²) < 4.78 is 5.41. The molecular formula is C15H23NO. The van der Waals surface area contributed by atoms with Gasteiger partial charge in [-0.25, -0.2) is 0 Å². The second-order valence-corrected chi connectivity index (χ2v) is 5.24. The first-order valence-electron chi connectivity index (χ1n) is 6.61. The molecule has 0 radical (unpaired) electrons. The fourth-order valence-corrected chi connectivity index (χ4v) is 2.88. The van der Waals surface area contributed by atoms with Gasteiger partial charge >= 0.3 is 0 Å². The molecule has 1 atom stereocenters. The molecule has 0 spiro atoms. The molecule has 17 heavy (non-hydrogen) atoms. The van der Waals surface area contributed by atoms with Gasteiger partial charge in [-0.2, -0.15) is 0 Å². The predicted octanol–water partition coefficient (Wildman–Crippen LogP) is 3.58. The van der Waals surface area contributed by atoms with Crippen molar-refractivity contribution in [3.8, 4) is 5.75 Å². The van der Waals surface area contributed by atoms with Gasteiger partial charge in [-0.1, -0.05) is 43.4 Å². The SMILES string of the molecule is COc1ccc(C)cc1C(N)CC1CCCC1. The van der Waals surface area contributed by atoms with Gasteiger partial charge in [0.25, 0.3) is 0 Å². The van der Waals surface area contributed by atoms with E-state index in [1.54, 1.807) is 7.11 Å². The van der Waals surface area contributed by atoms with Crippen molar-refractivity contribution in [1.82, 2.24) is 0 Å². The fraction of sp³-hybridized carbons (Fsp3) is 0.600. The summed E-state index contributed by atoms with van der Waals surface area (Å²) in [5.74, 6) is 1.75. The Morgan fingerprint density at radius 1 is 1.35 bits per heavy atom. The van der Waals surface area contributed by atoms with E-state index in [-0.39, 0.29) is 6.04 Å². The predicted molar refractivity (Wildman–Crippen MR) is 71.2 cm³/mol. The average Bonchev–Trinajstić information content (AvgIpc) is 2.81. The molecule has 0 amide bonds. The van der Waals surface area contributed by atoms with E-state index in [0.717, 1.165) is 18.1 Å². The first-order valence-corrected chi connectivity index (χ1v) is 6.61. The van der Waals surface area contributed by atoms with Crippen LogP contribution in [0.4, 0.5) is 0 Å². The molecule has 1 aliphatic rings. The number of hydrogen-bond donors (Lipinski definition) is 1. The van der Waals surface area contributed by atoms with Crippen LogP contribution in [-0.4, -0.2) is 7.11 Å². The van der Waals surface area contributed by atoms with Crippen LogP contribution in [0.15, 0.2) is 18.2 Å². The zero-order valence-corrected chi connectivity index (χ0v) is 10.9. The van der Waals surface area contributed by atoms with Crippen LogP contribution >= 0.6 is 0 Å². The topological polar surface area (TPSA) is 35.2 Å². The van der Waals surface area contributed by atoms with Crippen molar-refractivity contribution in [2.24, 2.45) is 11.7 Å². The minimum absolute atomic E-state index is 0.118. The summed E-state index contributed by atoms with van der Waals surface area (Å²) in [6.45, 7) is 2.10. The van der Waals surface area contributed by atoms with Crippen molar-refractivity contribution < 1.29 is 4.74 Å². The van der Waals surface area contributed by atoms with Crippen molar-refractivity contribution in [3.05, 3.63) is 29.3 Å². The first kappa shape index (κ1) is 12.4. The van der Waals surface area contributed by atoms with E-state index >= 15 is 0 Å². The second-order valence-electron chi connectivity index (χ2n) is 5.24. The lowest BCUT2D eigenvalue weighted by atomic mass is 9.93. The van der Waals surface area contributed by atoms with Crippen molar-refractivity contribution in [3.63, 3.8) is 0 Å². The molecule has 0 saturated heterocycles. The van der Waals surface area contributed by atoms with E-state index in [1.165, 1.54) is 36.8 Å². The second kappa shape index (κ2) is 5.54. The normalized spacial score (nSPS) is 18.3. The molecule has 0 heterocycles. The summed E-state index contributed by atoms with van der Waals surface area (Å²) >= 11 is 0. The largest absolute Gasteiger partial charge is 0.496 e. The number of benzene rings is 1. The zero-order valence-electron chi connectivity index (χ0n) is 10.9. The number of rotatable bonds is 4. The third-order valence-electron chi connectivity index (χ3n) is 3.85. The third kappa shape index (κ3) is 3.01. The maximum Gasteiger partial charge on any atom is 0.123 e. The number of nitrogens with two attached hydrogens (primary N) is 1. The molecule has 2 N–H and O–H groups in total. The van der Waals surface area contributed by atoms with Gasteiger partial charge in [0.2, 0.25) is 0 Å². The molecule has 1 fully saturated rings. The Balaban J connectivity index is 2.11. The molecule has 1 saturated carbocycles. The Hall–Kier alpha value is -1.02. The molecule has 2 nitrogen and oxygen atoms in total. The highest BCUT2D eigenvalue weighted by Crippen LogP contribution is 2.34. The molecule has 0 bridgehead atoms. The Kier molecular flexibility index (Phi) is 4.06. The molecule has 1 aliphatic carbocycles. The molecule has 2 rings (SSSR count). The highest BCUT2D eigenvalue weighted by molar-refractivity contribution is 5.39. The lowest BCUT2D eigenvalue weighted by Gasteiger charge is -2.19. The number of aryl methyl sites for hydroxylation is 1. The van der Waals surface area contributed by atoms with Crippen LogP contribution in [0.5, 0.6) is 5.75 Å². The van der Waals surface area contributed by atoms with Crippen LogP contribution in [0.1, 0.15) is 49.3 Å². The molecule has 1 unspecified atom stereocenters. The highest BCUT2D eigenvalue weighted by atomic mass is 16.5. The van der Waals surface area contributed by atoms with E-state index in [4.69, 9.17) is 10.5 Å². The van der Waals surface area contributed by atoms with Gasteiger partial charge in [0, 0.05) is 11.6 Å². The van der Waals surface area contributed by atoms with E-state index in [1.807, 2.05) is 6.07 Å². The van der Waals surface area contributed by atoms with Gasteiger partial charge in [0.05, 0.1) is 7.11 Å². The van der Waals surface area contributed by atoms with Crippen LogP contribution in [0.25, 0.3) is 0 Å². The van der Waals surface area contributed by atoms with Gasteiger partial charge in [-0.15, -0.1) is 0 Å². The summed E-state index contributed by atoms with van der Waals surface area (Å²) in [5, 5.41) is 0. The van der Waals surface area contributed by atoms with E-state index in [9.17, 15) is 0 Å². The lowest BCUT2D eigenvalue weighted by Crippen LogP contribution is -2.15. The number of hydrogen-bond acceptors (Lipinski definition) is 2. The Morgan fingerprint density at radius 2 is 2.06 bits per heavy atom. The monoisotopic (exact) mass is 233 g/mol. The van der Waals surface area contributed by atoms with Crippen LogP contribution < -0.4 is 10.5 Å². The minimum Gasteiger partial charge on any atom is -0.496 e. The summed E-state index contributed by atoms with van der Waals surface area (Å²) in [7, 11) is 1.72. The highest BCUT2D eigenvalue weighted by Gasteiger charge is 2.20. The standard InChI is InChI=1S/C15H23NO/c1-11-7-8-15(17-2)13(9-11)14(16)10-12-5-3-4-6-12/h7-9,12,14H,3-6,10,16H2,1-2H3. The van der Waals surface area contributed by atoms with Crippen molar-refractivity contribution >= 4 is 0 Å². The molecule has 0 aliphatic heterocycles.